The van der Waals surface area contributed by atoms with Crippen LogP contribution in [0, 0.1) is 0 Å². The highest BCUT2D eigenvalue weighted by Gasteiger charge is 2.17. The maximum absolute atomic E-state index is 5.91. The number of benzene rings is 1. The van der Waals surface area contributed by atoms with Crippen molar-refractivity contribution in [2.75, 3.05) is 26.7 Å². The van der Waals surface area contributed by atoms with Gasteiger partial charge in [0.25, 0.3) is 0 Å². The van der Waals surface area contributed by atoms with Crippen LogP contribution in [0.25, 0.3) is 0 Å². The molecule has 3 rings (SSSR count). The molecule has 0 saturated carbocycles. The van der Waals surface area contributed by atoms with Gasteiger partial charge in [-0.05, 0) is 81.2 Å². The first-order valence-electron chi connectivity index (χ1n) is 10.4. The number of aromatic nitrogens is 1. The molecule has 152 valence electrons. The normalized spacial score (nSPS) is 17.4. The van der Waals surface area contributed by atoms with E-state index < -0.39 is 0 Å². The first kappa shape index (κ1) is 20.6. The van der Waals surface area contributed by atoms with Crippen molar-refractivity contribution in [3.8, 4) is 11.5 Å². The minimum Gasteiger partial charge on any atom is -0.493 e. The van der Waals surface area contributed by atoms with Gasteiger partial charge in [-0.15, -0.1) is 0 Å². The van der Waals surface area contributed by atoms with Crippen molar-refractivity contribution in [3.63, 3.8) is 0 Å². The average Bonchev–Trinajstić information content (AvgIpc) is 2.74. The SMILES string of the molecule is COc1cc(CNCCCN2CCCCC2C)ccc1OCc1ccncc1. The van der Waals surface area contributed by atoms with Crippen molar-refractivity contribution in [2.45, 2.75) is 51.8 Å². The molecule has 0 amide bonds. The standard InChI is InChI=1S/C23H33N3O2/c1-19-6-3-4-14-26(19)15-5-11-25-17-21-7-8-22(23(16-21)27-2)28-18-20-9-12-24-13-10-20/h7-10,12-13,16,19,25H,3-6,11,14-15,17-18H2,1-2H3. The molecule has 2 heterocycles. The van der Waals surface area contributed by atoms with Crippen LogP contribution in [0.3, 0.4) is 0 Å². The zero-order valence-corrected chi connectivity index (χ0v) is 17.2. The van der Waals surface area contributed by atoms with Crippen molar-refractivity contribution in [1.82, 2.24) is 15.2 Å². The Balaban J connectivity index is 1.41. The van der Waals surface area contributed by atoms with Gasteiger partial charge in [0.15, 0.2) is 11.5 Å². The van der Waals surface area contributed by atoms with Crippen LogP contribution >= 0.6 is 0 Å². The number of hydrogen-bond acceptors (Lipinski definition) is 5. The summed E-state index contributed by atoms with van der Waals surface area (Å²) in [5, 5.41) is 3.55. The van der Waals surface area contributed by atoms with Crippen molar-refractivity contribution in [1.29, 1.82) is 0 Å². The van der Waals surface area contributed by atoms with Gasteiger partial charge in [0.1, 0.15) is 6.61 Å². The van der Waals surface area contributed by atoms with Gasteiger partial charge in [0.2, 0.25) is 0 Å². The van der Waals surface area contributed by atoms with E-state index in [0.29, 0.717) is 6.61 Å². The molecule has 1 unspecified atom stereocenters. The van der Waals surface area contributed by atoms with E-state index in [1.807, 2.05) is 18.2 Å². The Morgan fingerprint density at radius 3 is 2.75 bits per heavy atom. The molecule has 5 nitrogen and oxygen atoms in total. The molecule has 5 heteroatoms. The molecule has 1 saturated heterocycles. The Kier molecular flexibility index (Phi) is 8.12. The Hall–Kier alpha value is -2.11. The first-order chi connectivity index (χ1) is 13.8. The molecule has 1 aromatic carbocycles. The summed E-state index contributed by atoms with van der Waals surface area (Å²) in [6.45, 7) is 7.20. The lowest BCUT2D eigenvalue weighted by atomic mass is 10.0. The molecule has 0 bridgehead atoms. The summed E-state index contributed by atoms with van der Waals surface area (Å²) < 4.78 is 11.4. The molecule has 2 aromatic rings. The van der Waals surface area contributed by atoms with E-state index in [2.05, 4.69) is 34.3 Å². The quantitative estimate of drug-likeness (QED) is 0.628. The number of rotatable bonds is 10. The maximum atomic E-state index is 5.91. The molecule has 1 aliphatic heterocycles. The molecule has 0 spiro atoms. The first-order valence-corrected chi connectivity index (χ1v) is 10.4. The largest absolute Gasteiger partial charge is 0.493 e. The molecule has 1 N–H and O–H groups in total. The molecule has 28 heavy (non-hydrogen) atoms. The molecule has 1 fully saturated rings. The third-order valence-electron chi connectivity index (χ3n) is 5.44. The third-order valence-corrected chi connectivity index (χ3v) is 5.44. The van der Waals surface area contributed by atoms with Crippen LogP contribution < -0.4 is 14.8 Å². The van der Waals surface area contributed by atoms with Crippen molar-refractivity contribution < 1.29 is 9.47 Å². The molecule has 0 radical (unpaired) electrons. The van der Waals surface area contributed by atoms with E-state index in [1.165, 1.54) is 44.3 Å². The second-order valence-corrected chi connectivity index (χ2v) is 7.54. The van der Waals surface area contributed by atoms with Crippen LogP contribution in [0.15, 0.2) is 42.7 Å². The van der Waals surface area contributed by atoms with Crippen LogP contribution in [-0.2, 0) is 13.2 Å². The number of ether oxygens (including phenoxy) is 2. The summed E-state index contributed by atoms with van der Waals surface area (Å²) in [5.74, 6) is 1.54. The van der Waals surface area contributed by atoms with Crippen LogP contribution in [-0.4, -0.2) is 42.7 Å². The predicted octanol–water partition coefficient (Wildman–Crippen LogP) is 4.02. The van der Waals surface area contributed by atoms with E-state index in [9.17, 15) is 0 Å². The fourth-order valence-electron chi connectivity index (χ4n) is 3.71. The number of piperidine rings is 1. The van der Waals surface area contributed by atoms with Gasteiger partial charge in [0.05, 0.1) is 7.11 Å². The maximum Gasteiger partial charge on any atom is 0.161 e. The Morgan fingerprint density at radius 1 is 1.11 bits per heavy atom. The van der Waals surface area contributed by atoms with Crippen molar-refractivity contribution >= 4 is 0 Å². The lowest BCUT2D eigenvalue weighted by molar-refractivity contribution is 0.159. The summed E-state index contributed by atoms with van der Waals surface area (Å²) >= 11 is 0. The monoisotopic (exact) mass is 383 g/mol. The fraction of sp³-hybridized carbons (Fsp3) is 0.522. The molecule has 1 aliphatic rings. The lowest BCUT2D eigenvalue weighted by Crippen LogP contribution is -2.38. The van der Waals surface area contributed by atoms with Crippen LogP contribution in [0.2, 0.25) is 0 Å². The number of methoxy groups -OCH3 is 1. The van der Waals surface area contributed by atoms with E-state index in [0.717, 1.165) is 36.2 Å². The highest BCUT2D eigenvalue weighted by atomic mass is 16.5. The second kappa shape index (κ2) is 11.0. The molecular weight excluding hydrogens is 350 g/mol. The van der Waals surface area contributed by atoms with E-state index >= 15 is 0 Å². The molecule has 1 atom stereocenters. The van der Waals surface area contributed by atoms with Crippen molar-refractivity contribution in [3.05, 3.63) is 53.9 Å². The molecule has 1 aromatic heterocycles. The highest BCUT2D eigenvalue weighted by Crippen LogP contribution is 2.28. The molecular formula is C23H33N3O2. The number of hydrogen-bond donors (Lipinski definition) is 1. The van der Waals surface area contributed by atoms with Gasteiger partial charge in [-0.25, -0.2) is 0 Å². The Bertz CT molecular complexity index is 708. The van der Waals surface area contributed by atoms with E-state index in [1.54, 1.807) is 19.5 Å². The minimum atomic E-state index is 0.505. The lowest BCUT2D eigenvalue weighted by Gasteiger charge is -2.33. The summed E-state index contributed by atoms with van der Waals surface area (Å²) in [6, 6.07) is 10.8. The van der Waals surface area contributed by atoms with Gasteiger partial charge in [-0.3, -0.25) is 4.98 Å². The average molecular weight is 384 g/mol. The smallest absolute Gasteiger partial charge is 0.161 e. The van der Waals surface area contributed by atoms with Gasteiger partial charge in [0, 0.05) is 25.0 Å². The Morgan fingerprint density at radius 2 is 1.96 bits per heavy atom. The van der Waals surface area contributed by atoms with Gasteiger partial charge in [-0.1, -0.05) is 12.5 Å². The predicted molar refractivity (Wildman–Crippen MR) is 113 cm³/mol. The number of pyridine rings is 1. The van der Waals surface area contributed by atoms with Crippen LogP contribution in [0.4, 0.5) is 0 Å². The van der Waals surface area contributed by atoms with Gasteiger partial charge in [-0.2, -0.15) is 0 Å². The molecule has 0 aliphatic carbocycles. The van der Waals surface area contributed by atoms with Gasteiger partial charge >= 0.3 is 0 Å². The topological polar surface area (TPSA) is 46.6 Å². The summed E-state index contributed by atoms with van der Waals surface area (Å²) in [5.41, 5.74) is 2.30. The minimum absolute atomic E-state index is 0.505. The van der Waals surface area contributed by atoms with Crippen LogP contribution in [0.5, 0.6) is 11.5 Å². The summed E-state index contributed by atoms with van der Waals surface area (Å²) in [7, 11) is 1.69. The summed E-state index contributed by atoms with van der Waals surface area (Å²) in [4.78, 5) is 6.66. The zero-order valence-electron chi connectivity index (χ0n) is 17.2. The fourth-order valence-corrected chi connectivity index (χ4v) is 3.71. The zero-order chi connectivity index (χ0) is 19.6. The second-order valence-electron chi connectivity index (χ2n) is 7.54. The number of nitrogens with one attached hydrogen (secondary N) is 1. The van der Waals surface area contributed by atoms with Crippen molar-refractivity contribution in [2.24, 2.45) is 0 Å². The van der Waals surface area contributed by atoms with E-state index in [4.69, 9.17) is 9.47 Å². The Labute approximate surface area is 169 Å². The van der Waals surface area contributed by atoms with Gasteiger partial charge < -0.3 is 19.7 Å². The summed E-state index contributed by atoms with van der Waals surface area (Å²) in [6.07, 6.45) is 8.83. The third kappa shape index (κ3) is 6.21. The van der Waals surface area contributed by atoms with Crippen LogP contribution in [0.1, 0.15) is 43.7 Å². The number of likely N-dealkylation sites (tertiary alicyclic amines) is 1. The number of nitrogens with zero attached hydrogens (tertiary/aromatic N) is 2. The highest BCUT2D eigenvalue weighted by molar-refractivity contribution is 5.43. The van der Waals surface area contributed by atoms with E-state index in [-0.39, 0.29) is 0 Å².